The third-order valence-electron chi connectivity index (χ3n) is 3.61. The Kier molecular flexibility index (Phi) is 6.95. The number of sulfonamides is 1. The molecule has 2 rings (SSSR count). The van der Waals surface area contributed by atoms with Crippen LogP contribution < -0.4 is 10.6 Å². The maximum atomic E-state index is 13.0. The lowest BCUT2D eigenvalue weighted by molar-refractivity contribution is -0.114. The molecule has 0 saturated heterocycles. The zero-order valence-electron chi connectivity index (χ0n) is 14.6. The first-order valence-corrected chi connectivity index (χ1v) is 9.72. The molecule has 0 aliphatic carbocycles. The summed E-state index contributed by atoms with van der Waals surface area (Å²) in [6.07, 6.45) is 1.50. The Balaban J connectivity index is 1.96. The Morgan fingerprint density at radius 1 is 1.26 bits per heavy atom. The molecule has 0 aromatic heterocycles. The van der Waals surface area contributed by atoms with Gasteiger partial charge in [0.15, 0.2) is 0 Å². The highest BCUT2D eigenvalue weighted by Gasteiger charge is 2.19. The topological polar surface area (TPSA) is 78.5 Å². The summed E-state index contributed by atoms with van der Waals surface area (Å²) in [6.45, 7) is 3.65. The minimum Gasteiger partial charge on any atom is -0.376 e. The molecule has 2 N–H and O–H groups in total. The number of amides is 1. The number of benzene rings is 2. The molecule has 0 atom stereocenters. The van der Waals surface area contributed by atoms with Gasteiger partial charge in [-0.2, -0.15) is 4.31 Å². The molecule has 2 aromatic rings. The van der Waals surface area contributed by atoms with Crippen molar-refractivity contribution in [1.82, 2.24) is 4.31 Å². The predicted molar refractivity (Wildman–Crippen MR) is 105 cm³/mol. The number of anilines is 2. The summed E-state index contributed by atoms with van der Waals surface area (Å²) < 4.78 is 38.8. The highest BCUT2D eigenvalue weighted by atomic mass is 35.5. The molecular weight excluding hydrogens is 393 g/mol. The van der Waals surface area contributed by atoms with Crippen LogP contribution >= 0.6 is 11.6 Å². The summed E-state index contributed by atoms with van der Waals surface area (Å²) in [4.78, 5) is 12.1. The molecular formula is C18H19ClFN3O3S. The maximum absolute atomic E-state index is 13.0. The molecule has 9 heteroatoms. The van der Waals surface area contributed by atoms with Gasteiger partial charge < -0.3 is 10.6 Å². The van der Waals surface area contributed by atoms with Crippen molar-refractivity contribution in [2.24, 2.45) is 0 Å². The number of nitrogens with one attached hydrogen (secondary N) is 2. The van der Waals surface area contributed by atoms with Gasteiger partial charge in [0.25, 0.3) is 0 Å². The lowest BCUT2D eigenvalue weighted by Crippen LogP contribution is -2.27. The number of hydrogen-bond acceptors (Lipinski definition) is 4. The predicted octanol–water partition coefficient (Wildman–Crippen LogP) is 3.34. The van der Waals surface area contributed by atoms with Crippen LogP contribution in [0.15, 0.2) is 60.0 Å². The lowest BCUT2D eigenvalue weighted by atomic mass is 10.3. The minimum absolute atomic E-state index is 0.0732. The second-order valence-electron chi connectivity index (χ2n) is 5.62. The van der Waals surface area contributed by atoms with Crippen molar-refractivity contribution in [1.29, 1.82) is 0 Å². The number of rotatable bonds is 8. The van der Waals surface area contributed by atoms with E-state index in [0.29, 0.717) is 11.4 Å². The van der Waals surface area contributed by atoms with Gasteiger partial charge in [-0.05, 0) is 42.5 Å². The monoisotopic (exact) mass is 411 g/mol. The van der Waals surface area contributed by atoms with Gasteiger partial charge in [0.1, 0.15) is 5.82 Å². The Bertz CT molecular complexity index is 933. The first-order chi connectivity index (χ1) is 12.7. The number of carbonyl (C=O) groups excluding carboxylic acids is 1. The van der Waals surface area contributed by atoms with Crippen LogP contribution in [0.5, 0.6) is 0 Å². The van der Waals surface area contributed by atoms with Crippen LogP contribution in [0.4, 0.5) is 15.8 Å². The molecule has 0 spiro atoms. The van der Waals surface area contributed by atoms with E-state index < -0.39 is 15.8 Å². The van der Waals surface area contributed by atoms with E-state index in [0.717, 1.165) is 6.07 Å². The van der Waals surface area contributed by atoms with Crippen molar-refractivity contribution in [2.45, 2.75) is 4.90 Å². The molecule has 0 bridgehead atoms. The molecule has 0 radical (unpaired) electrons. The highest BCUT2D eigenvalue weighted by Crippen LogP contribution is 2.22. The van der Waals surface area contributed by atoms with Crippen LogP contribution in [0, 0.1) is 5.82 Å². The second-order valence-corrected chi connectivity index (χ2v) is 8.08. The van der Waals surface area contributed by atoms with Gasteiger partial charge >= 0.3 is 0 Å². The van der Waals surface area contributed by atoms with Gasteiger partial charge in [-0.1, -0.05) is 17.7 Å². The van der Waals surface area contributed by atoms with Gasteiger partial charge in [-0.25, -0.2) is 12.8 Å². The van der Waals surface area contributed by atoms with Crippen LogP contribution in [0.1, 0.15) is 0 Å². The Morgan fingerprint density at radius 2 is 1.93 bits per heavy atom. The molecule has 0 heterocycles. The standard InChI is InChI=1S/C18H19ClFN3O3S/c1-3-10-23(2)27(25,26)15-7-5-14(6-8-15)21-12-18(24)22-17-9-4-13(20)11-16(17)19/h3-9,11,21H,1,10,12H2,2H3,(H,22,24). The molecule has 0 aliphatic heterocycles. The maximum Gasteiger partial charge on any atom is 0.243 e. The molecule has 1 amide bonds. The lowest BCUT2D eigenvalue weighted by Gasteiger charge is -2.15. The van der Waals surface area contributed by atoms with E-state index in [-0.39, 0.29) is 28.9 Å². The zero-order valence-corrected chi connectivity index (χ0v) is 16.1. The summed E-state index contributed by atoms with van der Waals surface area (Å²) in [7, 11) is -2.12. The largest absolute Gasteiger partial charge is 0.376 e. The number of carbonyl (C=O) groups is 1. The SMILES string of the molecule is C=CCN(C)S(=O)(=O)c1ccc(NCC(=O)Nc2ccc(F)cc2Cl)cc1. The summed E-state index contributed by atoms with van der Waals surface area (Å²) in [5.74, 6) is -0.879. The average Bonchev–Trinajstić information content (AvgIpc) is 2.63. The van der Waals surface area contributed by atoms with Gasteiger partial charge in [-0.3, -0.25) is 4.79 Å². The average molecular weight is 412 g/mol. The fourth-order valence-electron chi connectivity index (χ4n) is 2.17. The molecule has 27 heavy (non-hydrogen) atoms. The Morgan fingerprint density at radius 3 is 2.52 bits per heavy atom. The van der Waals surface area contributed by atoms with E-state index >= 15 is 0 Å². The summed E-state index contributed by atoms with van der Waals surface area (Å²) >= 11 is 5.86. The van der Waals surface area contributed by atoms with E-state index in [1.165, 1.54) is 41.7 Å². The Hall–Kier alpha value is -2.42. The second kappa shape index (κ2) is 8.98. The Labute approximate surface area is 162 Å². The van der Waals surface area contributed by atoms with Gasteiger partial charge in [-0.15, -0.1) is 6.58 Å². The molecule has 6 nitrogen and oxygen atoms in total. The van der Waals surface area contributed by atoms with Crippen molar-refractivity contribution < 1.29 is 17.6 Å². The number of nitrogens with zero attached hydrogens (tertiary/aromatic N) is 1. The third-order valence-corrected chi connectivity index (χ3v) is 5.76. The van der Waals surface area contributed by atoms with Gasteiger partial charge in [0.05, 0.1) is 22.2 Å². The third kappa shape index (κ3) is 5.53. The van der Waals surface area contributed by atoms with E-state index in [9.17, 15) is 17.6 Å². The molecule has 0 fully saturated rings. The zero-order chi connectivity index (χ0) is 20.0. The van der Waals surface area contributed by atoms with Gasteiger partial charge in [0, 0.05) is 19.3 Å². The summed E-state index contributed by atoms with van der Waals surface area (Å²) in [5.41, 5.74) is 0.872. The molecule has 0 unspecified atom stereocenters. The molecule has 0 aliphatic rings. The fourth-order valence-corrected chi connectivity index (χ4v) is 3.53. The van der Waals surface area contributed by atoms with Gasteiger partial charge in [0.2, 0.25) is 15.9 Å². The quantitative estimate of drug-likeness (QED) is 0.653. The van der Waals surface area contributed by atoms with Crippen LogP contribution in [0.25, 0.3) is 0 Å². The number of likely N-dealkylation sites (N-methyl/N-ethyl adjacent to an activating group) is 1. The molecule has 2 aromatic carbocycles. The van der Waals surface area contributed by atoms with Crippen molar-refractivity contribution in [2.75, 3.05) is 30.8 Å². The van der Waals surface area contributed by atoms with Crippen molar-refractivity contribution in [3.8, 4) is 0 Å². The minimum atomic E-state index is -3.59. The number of halogens is 2. The fraction of sp³-hybridized carbons (Fsp3) is 0.167. The molecule has 0 saturated carbocycles. The summed E-state index contributed by atoms with van der Waals surface area (Å²) in [6, 6.07) is 9.69. The highest BCUT2D eigenvalue weighted by molar-refractivity contribution is 7.89. The van der Waals surface area contributed by atoms with Crippen molar-refractivity contribution in [3.05, 3.63) is 66.0 Å². The van der Waals surface area contributed by atoms with Crippen molar-refractivity contribution in [3.63, 3.8) is 0 Å². The van der Waals surface area contributed by atoms with Crippen molar-refractivity contribution >= 4 is 38.9 Å². The summed E-state index contributed by atoms with van der Waals surface area (Å²) in [5, 5.41) is 5.53. The van der Waals surface area contributed by atoms with Crippen LogP contribution in [0.2, 0.25) is 5.02 Å². The van der Waals surface area contributed by atoms with E-state index in [1.807, 2.05) is 0 Å². The van der Waals surface area contributed by atoms with Crippen LogP contribution in [0.3, 0.4) is 0 Å². The van der Waals surface area contributed by atoms with E-state index in [2.05, 4.69) is 17.2 Å². The van der Waals surface area contributed by atoms with E-state index in [1.54, 1.807) is 12.1 Å². The number of hydrogen-bond donors (Lipinski definition) is 2. The van der Waals surface area contributed by atoms with Crippen LogP contribution in [-0.4, -0.2) is 38.8 Å². The van der Waals surface area contributed by atoms with Crippen LogP contribution in [-0.2, 0) is 14.8 Å². The normalized spacial score (nSPS) is 11.3. The smallest absolute Gasteiger partial charge is 0.243 e. The molecule has 144 valence electrons. The van der Waals surface area contributed by atoms with E-state index in [4.69, 9.17) is 11.6 Å². The first kappa shape index (κ1) is 20.9. The first-order valence-electron chi connectivity index (χ1n) is 7.90.